The second kappa shape index (κ2) is 9.31. The van der Waals surface area contributed by atoms with E-state index in [1.165, 1.54) is 0 Å². The zero-order valence-corrected chi connectivity index (χ0v) is 12.2. The van der Waals surface area contributed by atoms with Crippen LogP contribution in [0.15, 0.2) is 24.5 Å². The Balaban J connectivity index is 1.44. The molecule has 0 spiro atoms. The van der Waals surface area contributed by atoms with Gasteiger partial charge in [-0.1, -0.05) is 6.07 Å². The van der Waals surface area contributed by atoms with Crippen molar-refractivity contribution in [1.82, 2.24) is 15.6 Å². The lowest BCUT2D eigenvalue weighted by Crippen LogP contribution is -2.36. The van der Waals surface area contributed by atoms with Crippen LogP contribution in [0.4, 0.5) is 4.79 Å². The maximum Gasteiger partial charge on any atom is 0.315 e. The number of hydrogen-bond acceptors (Lipinski definition) is 4. The Hall–Kier alpha value is -1.66. The Morgan fingerprint density at radius 1 is 1.48 bits per heavy atom. The Bertz CT molecular complexity index is 408. The van der Waals surface area contributed by atoms with Gasteiger partial charge in [0.25, 0.3) is 0 Å². The highest BCUT2D eigenvalue weighted by Gasteiger charge is 2.14. The Labute approximate surface area is 125 Å². The number of carbonyl (C=O) groups is 1. The highest BCUT2D eigenvalue weighted by Crippen LogP contribution is 2.11. The average molecular weight is 293 g/mol. The minimum atomic E-state index is -0.169. The summed E-state index contributed by atoms with van der Waals surface area (Å²) in [6.07, 6.45) is 6.73. The van der Waals surface area contributed by atoms with E-state index in [-0.39, 0.29) is 12.1 Å². The average Bonchev–Trinajstić information content (AvgIpc) is 3.03. The van der Waals surface area contributed by atoms with Gasteiger partial charge in [-0.15, -0.1) is 0 Å². The first-order chi connectivity index (χ1) is 10.3. The van der Waals surface area contributed by atoms with Crippen molar-refractivity contribution in [3.63, 3.8) is 0 Å². The minimum absolute atomic E-state index is 0.169. The lowest BCUT2D eigenvalue weighted by molar-refractivity contribution is 0.0168. The number of ether oxygens (including phenoxy) is 2. The van der Waals surface area contributed by atoms with Crippen molar-refractivity contribution in [3.8, 4) is 0 Å². The fourth-order valence-corrected chi connectivity index (χ4v) is 2.11. The van der Waals surface area contributed by atoms with Gasteiger partial charge in [-0.2, -0.15) is 0 Å². The topological polar surface area (TPSA) is 72.5 Å². The number of nitrogens with one attached hydrogen (secondary N) is 2. The summed E-state index contributed by atoms with van der Waals surface area (Å²) in [4.78, 5) is 15.5. The quantitative estimate of drug-likeness (QED) is 0.712. The molecule has 0 aromatic carbocycles. The molecule has 1 aromatic rings. The first-order valence-electron chi connectivity index (χ1n) is 7.44. The molecule has 1 aromatic heterocycles. The number of nitrogens with zero attached hydrogens (tertiary/aromatic N) is 1. The second-order valence-corrected chi connectivity index (χ2v) is 5.03. The van der Waals surface area contributed by atoms with Gasteiger partial charge in [-0.25, -0.2) is 4.79 Å². The van der Waals surface area contributed by atoms with E-state index in [0.29, 0.717) is 26.3 Å². The fraction of sp³-hybridized carbons (Fsp3) is 0.600. The standard InChI is InChI=1S/C15H23N3O3/c19-15(18-11-13-4-1-6-16-10-13)17-7-3-8-20-12-14-5-2-9-21-14/h1,4,6,10,14H,2-3,5,7-9,11-12H2,(H2,17,18,19). The minimum Gasteiger partial charge on any atom is -0.379 e. The third kappa shape index (κ3) is 6.55. The normalized spacial score (nSPS) is 17.6. The van der Waals surface area contributed by atoms with Gasteiger partial charge in [-0.05, 0) is 30.9 Å². The number of pyridine rings is 1. The van der Waals surface area contributed by atoms with Crippen LogP contribution in [-0.4, -0.2) is 43.5 Å². The van der Waals surface area contributed by atoms with Crippen LogP contribution in [0.5, 0.6) is 0 Å². The summed E-state index contributed by atoms with van der Waals surface area (Å²) in [6.45, 7) is 3.24. The molecule has 0 bridgehead atoms. The molecule has 1 unspecified atom stereocenters. The summed E-state index contributed by atoms with van der Waals surface area (Å²) in [6, 6.07) is 3.60. The Morgan fingerprint density at radius 2 is 2.43 bits per heavy atom. The van der Waals surface area contributed by atoms with Gasteiger partial charge in [0.05, 0.1) is 12.7 Å². The lowest BCUT2D eigenvalue weighted by Gasteiger charge is -2.10. The van der Waals surface area contributed by atoms with Crippen LogP contribution in [0, 0.1) is 0 Å². The van der Waals surface area contributed by atoms with Gasteiger partial charge in [0.15, 0.2) is 0 Å². The van der Waals surface area contributed by atoms with Gasteiger partial charge in [0, 0.05) is 38.7 Å². The van der Waals surface area contributed by atoms with Crippen LogP contribution < -0.4 is 10.6 Å². The molecule has 1 aliphatic rings. The van der Waals surface area contributed by atoms with Crippen LogP contribution >= 0.6 is 0 Å². The molecular weight excluding hydrogens is 270 g/mol. The molecule has 0 saturated carbocycles. The lowest BCUT2D eigenvalue weighted by atomic mass is 10.2. The zero-order valence-electron chi connectivity index (χ0n) is 12.2. The number of rotatable bonds is 8. The third-order valence-corrected chi connectivity index (χ3v) is 3.25. The highest BCUT2D eigenvalue weighted by molar-refractivity contribution is 5.73. The van der Waals surface area contributed by atoms with Gasteiger partial charge < -0.3 is 20.1 Å². The molecular formula is C15H23N3O3. The highest BCUT2D eigenvalue weighted by atomic mass is 16.5. The SMILES string of the molecule is O=C(NCCCOCC1CCCO1)NCc1cccnc1. The van der Waals surface area contributed by atoms with E-state index in [4.69, 9.17) is 9.47 Å². The smallest absolute Gasteiger partial charge is 0.315 e. The zero-order chi connectivity index (χ0) is 14.8. The van der Waals surface area contributed by atoms with Crippen LogP contribution in [0.25, 0.3) is 0 Å². The van der Waals surface area contributed by atoms with E-state index in [9.17, 15) is 4.79 Å². The molecule has 2 amide bonds. The summed E-state index contributed by atoms with van der Waals surface area (Å²) >= 11 is 0. The van der Waals surface area contributed by atoms with Crippen LogP contribution in [0.2, 0.25) is 0 Å². The van der Waals surface area contributed by atoms with Gasteiger partial charge in [0.2, 0.25) is 0 Å². The van der Waals surface area contributed by atoms with Crippen molar-refractivity contribution >= 4 is 6.03 Å². The molecule has 2 N–H and O–H groups in total. The maximum atomic E-state index is 11.6. The molecule has 21 heavy (non-hydrogen) atoms. The summed E-state index contributed by atoms with van der Waals surface area (Å²) in [5.74, 6) is 0. The first-order valence-corrected chi connectivity index (χ1v) is 7.44. The second-order valence-electron chi connectivity index (χ2n) is 5.03. The Morgan fingerprint density at radius 3 is 3.19 bits per heavy atom. The molecule has 116 valence electrons. The monoisotopic (exact) mass is 293 g/mol. The molecule has 2 rings (SSSR count). The van der Waals surface area contributed by atoms with Crippen molar-refractivity contribution < 1.29 is 14.3 Å². The fourth-order valence-electron chi connectivity index (χ4n) is 2.11. The van der Waals surface area contributed by atoms with Crippen molar-refractivity contribution in [2.45, 2.75) is 31.9 Å². The van der Waals surface area contributed by atoms with Gasteiger partial charge >= 0.3 is 6.03 Å². The molecule has 2 heterocycles. The summed E-state index contributed by atoms with van der Waals surface area (Å²) in [5.41, 5.74) is 0.979. The molecule has 1 aliphatic heterocycles. The number of aromatic nitrogens is 1. The molecule has 1 atom stereocenters. The van der Waals surface area contributed by atoms with E-state index in [1.54, 1.807) is 12.4 Å². The Kier molecular flexibility index (Phi) is 6.97. The van der Waals surface area contributed by atoms with Crippen molar-refractivity contribution in [3.05, 3.63) is 30.1 Å². The maximum absolute atomic E-state index is 11.6. The predicted octanol–water partition coefficient (Wildman–Crippen LogP) is 1.47. The van der Waals surface area contributed by atoms with Crippen LogP contribution in [0.1, 0.15) is 24.8 Å². The van der Waals surface area contributed by atoms with E-state index in [0.717, 1.165) is 31.4 Å². The number of urea groups is 1. The van der Waals surface area contributed by atoms with Gasteiger partial charge in [0.1, 0.15) is 0 Å². The largest absolute Gasteiger partial charge is 0.379 e. The van der Waals surface area contributed by atoms with Gasteiger partial charge in [-0.3, -0.25) is 4.98 Å². The molecule has 1 fully saturated rings. The predicted molar refractivity (Wildman–Crippen MR) is 78.9 cm³/mol. The number of amides is 2. The van der Waals surface area contributed by atoms with E-state index in [2.05, 4.69) is 15.6 Å². The summed E-state index contributed by atoms with van der Waals surface area (Å²) in [5, 5.41) is 5.58. The van der Waals surface area contributed by atoms with Crippen molar-refractivity contribution in [2.24, 2.45) is 0 Å². The van der Waals surface area contributed by atoms with Crippen molar-refractivity contribution in [2.75, 3.05) is 26.4 Å². The van der Waals surface area contributed by atoms with E-state index in [1.807, 2.05) is 12.1 Å². The molecule has 6 heteroatoms. The third-order valence-electron chi connectivity index (χ3n) is 3.25. The van der Waals surface area contributed by atoms with Crippen LogP contribution in [-0.2, 0) is 16.0 Å². The van der Waals surface area contributed by atoms with Crippen LogP contribution in [0.3, 0.4) is 0 Å². The van der Waals surface area contributed by atoms with E-state index >= 15 is 0 Å². The molecule has 6 nitrogen and oxygen atoms in total. The molecule has 0 radical (unpaired) electrons. The summed E-state index contributed by atoms with van der Waals surface area (Å²) in [7, 11) is 0. The van der Waals surface area contributed by atoms with E-state index < -0.39 is 0 Å². The van der Waals surface area contributed by atoms with Crippen molar-refractivity contribution in [1.29, 1.82) is 0 Å². The summed E-state index contributed by atoms with van der Waals surface area (Å²) < 4.78 is 11.0. The number of hydrogen-bond donors (Lipinski definition) is 2. The number of carbonyl (C=O) groups excluding carboxylic acids is 1. The molecule has 1 saturated heterocycles. The molecule has 0 aliphatic carbocycles. The first kappa shape index (κ1) is 15.7.